The van der Waals surface area contributed by atoms with E-state index in [-0.39, 0.29) is 5.91 Å². The molecule has 0 bridgehead atoms. The number of pyridine rings is 1. The molecule has 0 aliphatic rings. The van der Waals surface area contributed by atoms with Crippen molar-refractivity contribution >= 4 is 16.8 Å². The maximum Gasteiger partial charge on any atom is 0.224 e. The summed E-state index contributed by atoms with van der Waals surface area (Å²) in [5.74, 6) is 0.0261. The second-order valence-corrected chi connectivity index (χ2v) is 3.38. The van der Waals surface area contributed by atoms with Gasteiger partial charge in [0.1, 0.15) is 0 Å². The third kappa shape index (κ3) is 2.13. The molecular weight excluding hydrogens is 188 g/mol. The molecule has 1 amide bonds. The monoisotopic (exact) mass is 200 g/mol. The molecule has 0 spiro atoms. The van der Waals surface area contributed by atoms with E-state index in [0.29, 0.717) is 6.42 Å². The normalized spacial score (nSPS) is 10.2. The van der Waals surface area contributed by atoms with Gasteiger partial charge >= 0.3 is 0 Å². The Kier molecular flexibility index (Phi) is 2.63. The molecule has 1 aromatic carbocycles. The number of fused-ring (bicyclic) bond motifs is 1. The summed E-state index contributed by atoms with van der Waals surface area (Å²) < 4.78 is 0. The number of hydrogen-bond acceptors (Lipinski definition) is 2. The van der Waals surface area contributed by atoms with Gasteiger partial charge in [-0.05, 0) is 23.8 Å². The van der Waals surface area contributed by atoms with Crippen molar-refractivity contribution in [3.63, 3.8) is 0 Å². The Morgan fingerprint density at radius 3 is 3.07 bits per heavy atom. The maximum atomic E-state index is 11.2. The smallest absolute Gasteiger partial charge is 0.224 e. The topological polar surface area (TPSA) is 42.0 Å². The molecule has 0 atom stereocenters. The van der Waals surface area contributed by atoms with Gasteiger partial charge in [-0.3, -0.25) is 9.78 Å². The molecule has 0 fully saturated rings. The SMILES string of the molecule is CNC(=O)Cc1ccc2ncccc2c1. The van der Waals surface area contributed by atoms with Crippen LogP contribution in [0.4, 0.5) is 0 Å². The van der Waals surface area contributed by atoms with Crippen LogP contribution in [-0.2, 0) is 11.2 Å². The molecular formula is C12H12N2O. The van der Waals surface area contributed by atoms with E-state index in [1.165, 1.54) is 0 Å². The zero-order chi connectivity index (χ0) is 10.7. The number of benzene rings is 1. The lowest BCUT2D eigenvalue weighted by Gasteiger charge is -2.02. The number of rotatable bonds is 2. The summed E-state index contributed by atoms with van der Waals surface area (Å²) in [6.07, 6.45) is 2.18. The number of hydrogen-bond donors (Lipinski definition) is 1. The highest BCUT2D eigenvalue weighted by atomic mass is 16.1. The third-order valence-corrected chi connectivity index (χ3v) is 2.31. The quantitative estimate of drug-likeness (QED) is 0.798. The van der Waals surface area contributed by atoms with Crippen LogP contribution in [0.15, 0.2) is 36.5 Å². The summed E-state index contributed by atoms with van der Waals surface area (Å²) in [5, 5.41) is 3.68. The molecule has 1 heterocycles. The van der Waals surface area contributed by atoms with Gasteiger partial charge in [-0.25, -0.2) is 0 Å². The molecule has 3 nitrogen and oxygen atoms in total. The number of aromatic nitrogens is 1. The first-order chi connectivity index (χ1) is 7.29. The predicted molar refractivity (Wildman–Crippen MR) is 59.5 cm³/mol. The molecule has 0 unspecified atom stereocenters. The minimum absolute atomic E-state index is 0.0261. The van der Waals surface area contributed by atoms with E-state index >= 15 is 0 Å². The lowest BCUT2D eigenvalue weighted by Crippen LogP contribution is -2.19. The average Bonchev–Trinajstić information content (AvgIpc) is 2.29. The van der Waals surface area contributed by atoms with E-state index in [1.54, 1.807) is 13.2 Å². The minimum Gasteiger partial charge on any atom is -0.359 e. The van der Waals surface area contributed by atoms with Crippen LogP contribution in [-0.4, -0.2) is 17.9 Å². The lowest BCUT2D eigenvalue weighted by molar-refractivity contribution is -0.119. The zero-order valence-corrected chi connectivity index (χ0v) is 8.53. The summed E-state index contributed by atoms with van der Waals surface area (Å²) in [6, 6.07) is 9.76. The van der Waals surface area contributed by atoms with Crippen LogP contribution in [0, 0.1) is 0 Å². The Balaban J connectivity index is 2.34. The van der Waals surface area contributed by atoms with Crippen LogP contribution in [0.5, 0.6) is 0 Å². The fraction of sp³-hybridized carbons (Fsp3) is 0.167. The minimum atomic E-state index is 0.0261. The van der Waals surface area contributed by atoms with Crippen molar-refractivity contribution in [2.24, 2.45) is 0 Å². The second kappa shape index (κ2) is 4.09. The molecule has 15 heavy (non-hydrogen) atoms. The number of amides is 1. The van der Waals surface area contributed by atoms with Gasteiger partial charge in [0, 0.05) is 18.6 Å². The summed E-state index contributed by atoms with van der Waals surface area (Å²) >= 11 is 0. The number of nitrogens with one attached hydrogen (secondary N) is 1. The van der Waals surface area contributed by atoms with Crippen LogP contribution in [0.2, 0.25) is 0 Å². The molecule has 1 aromatic heterocycles. The maximum absolute atomic E-state index is 11.2. The molecule has 0 aliphatic carbocycles. The Morgan fingerprint density at radius 2 is 2.27 bits per heavy atom. The molecule has 2 aromatic rings. The first-order valence-electron chi connectivity index (χ1n) is 4.84. The van der Waals surface area contributed by atoms with E-state index in [1.807, 2.05) is 30.3 Å². The summed E-state index contributed by atoms with van der Waals surface area (Å²) in [5.41, 5.74) is 1.97. The van der Waals surface area contributed by atoms with Crippen molar-refractivity contribution in [1.29, 1.82) is 0 Å². The molecule has 0 aliphatic heterocycles. The molecule has 2 rings (SSSR count). The highest BCUT2D eigenvalue weighted by molar-refractivity contribution is 5.82. The Hall–Kier alpha value is -1.90. The van der Waals surface area contributed by atoms with Crippen molar-refractivity contribution in [1.82, 2.24) is 10.3 Å². The fourth-order valence-electron chi connectivity index (χ4n) is 1.51. The van der Waals surface area contributed by atoms with Crippen LogP contribution < -0.4 is 5.32 Å². The summed E-state index contributed by atoms with van der Waals surface area (Å²) in [6.45, 7) is 0. The van der Waals surface area contributed by atoms with Crippen molar-refractivity contribution in [3.8, 4) is 0 Å². The van der Waals surface area contributed by atoms with Crippen LogP contribution >= 0.6 is 0 Å². The molecule has 1 N–H and O–H groups in total. The Morgan fingerprint density at radius 1 is 1.40 bits per heavy atom. The van der Waals surface area contributed by atoms with Crippen molar-refractivity contribution < 1.29 is 4.79 Å². The zero-order valence-electron chi connectivity index (χ0n) is 8.53. The van der Waals surface area contributed by atoms with Gasteiger partial charge in [0.2, 0.25) is 5.91 Å². The standard InChI is InChI=1S/C12H12N2O/c1-13-12(15)8-9-4-5-11-10(7-9)3-2-6-14-11/h2-7H,8H2,1H3,(H,13,15). The third-order valence-electron chi connectivity index (χ3n) is 2.31. The first-order valence-corrected chi connectivity index (χ1v) is 4.84. The van der Waals surface area contributed by atoms with Gasteiger partial charge in [0.15, 0.2) is 0 Å². The Labute approximate surface area is 88.1 Å². The largest absolute Gasteiger partial charge is 0.359 e. The van der Waals surface area contributed by atoms with Crippen LogP contribution in [0.3, 0.4) is 0 Å². The van der Waals surface area contributed by atoms with E-state index in [4.69, 9.17) is 0 Å². The van der Waals surface area contributed by atoms with E-state index in [9.17, 15) is 4.79 Å². The Bertz CT molecular complexity index is 494. The highest BCUT2D eigenvalue weighted by Crippen LogP contribution is 2.13. The molecule has 0 saturated carbocycles. The fourth-order valence-corrected chi connectivity index (χ4v) is 1.51. The second-order valence-electron chi connectivity index (χ2n) is 3.38. The van der Waals surface area contributed by atoms with Gasteiger partial charge in [0.05, 0.1) is 11.9 Å². The molecule has 76 valence electrons. The number of carbonyl (C=O) groups is 1. The van der Waals surface area contributed by atoms with Gasteiger partial charge in [-0.2, -0.15) is 0 Å². The number of likely N-dealkylation sites (N-methyl/N-ethyl adjacent to an activating group) is 1. The van der Waals surface area contributed by atoms with Gasteiger partial charge < -0.3 is 5.32 Å². The van der Waals surface area contributed by atoms with Gasteiger partial charge in [0.25, 0.3) is 0 Å². The molecule has 3 heteroatoms. The van der Waals surface area contributed by atoms with Crippen LogP contribution in [0.25, 0.3) is 10.9 Å². The highest BCUT2D eigenvalue weighted by Gasteiger charge is 2.01. The molecule has 0 saturated heterocycles. The van der Waals surface area contributed by atoms with Crippen molar-refractivity contribution in [3.05, 3.63) is 42.1 Å². The predicted octanol–water partition coefficient (Wildman–Crippen LogP) is 1.52. The summed E-state index contributed by atoms with van der Waals surface area (Å²) in [7, 11) is 1.64. The van der Waals surface area contributed by atoms with Crippen molar-refractivity contribution in [2.45, 2.75) is 6.42 Å². The number of carbonyl (C=O) groups excluding carboxylic acids is 1. The van der Waals surface area contributed by atoms with Gasteiger partial charge in [-0.1, -0.05) is 12.1 Å². The summed E-state index contributed by atoms with van der Waals surface area (Å²) in [4.78, 5) is 15.4. The van der Waals surface area contributed by atoms with E-state index in [2.05, 4.69) is 10.3 Å². The first kappa shape index (κ1) is 9.65. The average molecular weight is 200 g/mol. The molecule has 0 radical (unpaired) electrons. The lowest BCUT2D eigenvalue weighted by atomic mass is 10.1. The number of nitrogens with zero attached hydrogens (tertiary/aromatic N) is 1. The van der Waals surface area contributed by atoms with Gasteiger partial charge in [-0.15, -0.1) is 0 Å². The van der Waals surface area contributed by atoms with E-state index in [0.717, 1.165) is 16.5 Å². The van der Waals surface area contributed by atoms with Crippen LogP contribution in [0.1, 0.15) is 5.56 Å². The van der Waals surface area contributed by atoms with E-state index < -0.39 is 0 Å². The van der Waals surface area contributed by atoms with Crippen molar-refractivity contribution in [2.75, 3.05) is 7.05 Å².